The average molecular weight is 642 g/mol. The molecule has 2 aliphatic rings. The van der Waals surface area contributed by atoms with Gasteiger partial charge in [-0.1, -0.05) is 75.4 Å². The van der Waals surface area contributed by atoms with Gasteiger partial charge in [0.1, 0.15) is 23.7 Å². The lowest BCUT2D eigenvalue weighted by molar-refractivity contribution is -0.127. The van der Waals surface area contributed by atoms with Crippen molar-refractivity contribution in [1.29, 1.82) is 0 Å². The van der Waals surface area contributed by atoms with Gasteiger partial charge in [0.15, 0.2) is 6.10 Å². The van der Waals surface area contributed by atoms with Gasteiger partial charge in [0.05, 0.1) is 6.54 Å². The monoisotopic (exact) mass is 641 g/mol. The van der Waals surface area contributed by atoms with E-state index < -0.39 is 11.7 Å². The predicted molar refractivity (Wildman–Crippen MR) is 185 cm³/mol. The molecule has 3 aromatic carbocycles. The summed E-state index contributed by atoms with van der Waals surface area (Å²) in [6, 6.07) is 26.4. The quantitative estimate of drug-likeness (QED) is 0.244. The Kier molecular flexibility index (Phi) is 10.5. The maximum atomic E-state index is 13.3. The Morgan fingerprint density at radius 3 is 2.04 bits per heavy atom. The number of carbonyl (C=O) groups is 2. The molecule has 3 aromatic rings. The molecule has 0 bridgehead atoms. The molecule has 2 amide bonds. The van der Waals surface area contributed by atoms with Crippen molar-refractivity contribution in [2.45, 2.75) is 77.7 Å². The molecule has 8 nitrogen and oxygen atoms in total. The third kappa shape index (κ3) is 9.28. The van der Waals surface area contributed by atoms with E-state index in [9.17, 15) is 9.59 Å². The van der Waals surface area contributed by atoms with E-state index in [1.807, 2.05) is 80.3 Å². The van der Waals surface area contributed by atoms with Crippen LogP contribution < -0.4 is 14.8 Å². The van der Waals surface area contributed by atoms with E-state index >= 15 is 0 Å². The number of piperidine rings is 1. The summed E-state index contributed by atoms with van der Waals surface area (Å²) < 4.78 is 18.0. The van der Waals surface area contributed by atoms with Crippen LogP contribution in [0.2, 0.25) is 0 Å². The van der Waals surface area contributed by atoms with E-state index in [1.165, 1.54) is 11.1 Å². The standard InChI is InChI=1S/C39H51N3O5/c1-38(2,3)29-15-19-31(20-16-29)46-34(36(43)40-7)23-27-13-17-30(18-14-27)45-22-21-42(37(44)47-39(4,5)6)35-32-25-41(26-33(32)35)24-28-11-9-8-10-12-28/h8-20,32-35H,21-26H2,1-7H3,(H,40,43)/t32-,33+,34-,35+/m0/s1. The molecule has 0 aromatic heterocycles. The van der Waals surface area contributed by atoms with Crippen LogP contribution in [0.15, 0.2) is 78.9 Å². The molecule has 1 N–H and O–H groups in total. The number of likely N-dealkylation sites (N-methyl/N-ethyl adjacent to an activating group) is 1. The zero-order chi connectivity index (χ0) is 33.8. The third-order valence-electron chi connectivity index (χ3n) is 8.94. The molecule has 2 fully saturated rings. The molecule has 1 saturated heterocycles. The van der Waals surface area contributed by atoms with Gasteiger partial charge in [-0.3, -0.25) is 9.69 Å². The van der Waals surface area contributed by atoms with Gasteiger partial charge in [0.25, 0.3) is 5.91 Å². The second kappa shape index (κ2) is 14.4. The lowest BCUT2D eigenvalue weighted by atomic mass is 9.87. The molecule has 47 heavy (non-hydrogen) atoms. The summed E-state index contributed by atoms with van der Waals surface area (Å²) in [5.74, 6) is 2.10. The van der Waals surface area contributed by atoms with Crippen molar-refractivity contribution < 1.29 is 23.8 Å². The van der Waals surface area contributed by atoms with Gasteiger partial charge in [0.2, 0.25) is 0 Å². The number of likely N-dealkylation sites (tertiary alicyclic amines) is 1. The topological polar surface area (TPSA) is 80.3 Å². The van der Waals surface area contributed by atoms with Crippen LogP contribution in [0.1, 0.15) is 58.2 Å². The van der Waals surface area contributed by atoms with Gasteiger partial charge < -0.3 is 24.4 Å². The Morgan fingerprint density at radius 1 is 0.851 bits per heavy atom. The fraction of sp³-hybridized carbons (Fsp3) is 0.487. The molecule has 5 rings (SSSR count). The van der Waals surface area contributed by atoms with E-state index in [-0.39, 0.29) is 23.5 Å². The van der Waals surface area contributed by atoms with Gasteiger partial charge in [0, 0.05) is 39.1 Å². The van der Waals surface area contributed by atoms with Crippen LogP contribution in [0.4, 0.5) is 4.79 Å². The SMILES string of the molecule is CNC(=O)[C@H](Cc1ccc(OCCN(C(=O)OC(C)(C)C)[C@H]2[C@@H]3CN(Cc4ccccc4)C[C@@H]32)cc1)Oc1ccc(C(C)(C)C)cc1. The maximum Gasteiger partial charge on any atom is 0.410 e. The van der Waals surface area contributed by atoms with Crippen molar-refractivity contribution in [3.63, 3.8) is 0 Å². The number of nitrogens with zero attached hydrogens (tertiary/aromatic N) is 2. The number of benzene rings is 3. The summed E-state index contributed by atoms with van der Waals surface area (Å²) >= 11 is 0. The van der Waals surface area contributed by atoms with Gasteiger partial charge in [-0.25, -0.2) is 4.79 Å². The first-order valence-corrected chi connectivity index (χ1v) is 16.8. The number of amides is 2. The van der Waals surface area contributed by atoms with E-state index in [0.29, 0.717) is 42.9 Å². The zero-order valence-corrected chi connectivity index (χ0v) is 29.0. The molecule has 1 heterocycles. The van der Waals surface area contributed by atoms with Gasteiger partial charge >= 0.3 is 6.09 Å². The summed E-state index contributed by atoms with van der Waals surface area (Å²) in [7, 11) is 1.62. The zero-order valence-electron chi connectivity index (χ0n) is 29.0. The van der Waals surface area contributed by atoms with Crippen molar-refractivity contribution in [3.8, 4) is 11.5 Å². The highest BCUT2D eigenvalue weighted by Crippen LogP contribution is 2.49. The Hall–Kier alpha value is -4.04. The van der Waals surface area contributed by atoms with Crippen molar-refractivity contribution in [2.75, 3.05) is 33.3 Å². The first-order chi connectivity index (χ1) is 22.3. The Bertz CT molecular complexity index is 1470. The van der Waals surface area contributed by atoms with E-state index in [1.54, 1.807) is 7.05 Å². The van der Waals surface area contributed by atoms with E-state index in [4.69, 9.17) is 14.2 Å². The summed E-state index contributed by atoms with van der Waals surface area (Å²) in [5.41, 5.74) is 2.95. The number of rotatable bonds is 12. The van der Waals surface area contributed by atoms with Gasteiger partial charge in [-0.05, 0) is 79.0 Å². The first kappa shape index (κ1) is 34.3. The normalized spacial score (nSPS) is 19.8. The van der Waals surface area contributed by atoms with Crippen LogP contribution >= 0.6 is 0 Å². The minimum atomic E-state index is -0.670. The molecule has 4 atom stereocenters. The highest BCUT2D eigenvalue weighted by molar-refractivity contribution is 5.81. The van der Waals surface area contributed by atoms with Crippen LogP contribution in [0.3, 0.4) is 0 Å². The first-order valence-electron chi connectivity index (χ1n) is 16.8. The summed E-state index contributed by atoms with van der Waals surface area (Å²) in [5, 5.41) is 2.72. The van der Waals surface area contributed by atoms with Crippen LogP contribution in [-0.4, -0.2) is 72.8 Å². The van der Waals surface area contributed by atoms with Gasteiger partial charge in [-0.15, -0.1) is 0 Å². The third-order valence-corrected chi connectivity index (χ3v) is 8.94. The lowest BCUT2D eigenvalue weighted by Gasteiger charge is -2.30. The largest absolute Gasteiger partial charge is 0.492 e. The molecule has 252 valence electrons. The van der Waals surface area contributed by atoms with Gasteiger partial charge in [-0.2, -0.15) is 0 Å². The average Bonchev–Trinajstić information content (AvgIpc) is 3.50. The van der Waals surface area contributed by atoms with Crippen LogP contribution in [0.5, 0.6) is 11.5 Å². The molecule has 0 radical (unpaired) electrons. The molecular formula is C39H51N3O5. The fourth-order valence-electron chi connectivity index (χ4n) is 6.44. The molecule has 0 spiro atoms. The molecule has 0 unspecified atom stereocenters. The van der Waals surface area contributed by atoms with E-state index in [0.717, 1.165) is 25.2 Å². The summed E-state index contributed by atoms with van der Waals surface area (Å²) in [6.45, 7) is 15.9. The Morgan fingerprint density at radius 2 is 1.47 bits per heavy atom. The lowest BCUT2D eigenvalue weighted by Crippen LogP contribution is -2.43. The maximum absolute atomic E-state index is 13.3. The molecule has 8 heteroatoms. The number of hydrogen-bond donors (Lipinski definition) is 1. The van der Waals surface area contributed by atoms with Crippen LogP contribution in [0.25, 0.3) is 0 Å². The van der Waals surface area contributed by atoms with Crippen molar-refractivity contribution >= 4 is 12.0 Å². The predicted octanol–water partition coefficient (Wildman–Crippen LogP) is 6.47. The number of carbonyl (C=O) groups excluding carboxylic acids is 2. The highest BCUT2D eigenvalue weighted by atomic mass is 16.6. The number of hydrogen-bond acceptors (Lipinski definition) is 6. The molecule has 1 aliphatic heterocycles. The smallest absolute Gasteiger partial charge is 0.410 e. The highest BCUT2D eigenvalue weighted by Gasteiger charge is 2.59. The fourth-order valence-corrected chi connectivity index (χ4v) is 6.44. The van der Waals surface area contributed by atoms with Crippen LogP contribution in [-0.2, 0) is 27.9 Å². The summed E-state index contributed by atoms with van der Waals surface area (Å²) in [6.07, 6.45) is -0.533. The number of ether oxygens (including phenoxy) is 3. The van der Waals surface area contributed by atoms with Crippen molar-refractivity contribution in [1.82, 2.24) is 15.1 Å². The van der Waals surface area contributed by atoms with Crippen molar-refractivity contribution in [2.24, 2.45) is 11.8 Å². The summed E-state index contributed by atoms with van der Waals surface area (Å²) in [4.78, 5) is 30.3. The van der Waals surface area contributed by atoms with Crippen molar-refractivity contribution in [3.05, 3.63) is 95.6 Å². The molecular weight excluding hydrogens is 590 g/mol. The molecule has 1 aliphatic carbocycles. The number of nitrogens with one attached hydrogen (secondary N) is 1. The Balaban J connectivity index is 1.15. The second-order valence-electron chi connectivity index (χ2n) is 14.9. The molecule has 1 saturated carbocycles. The minimum Gasteiger partial charge on any atom is -0.492 e. The Labute approximate surface area is 280 Å². The second-order valence-corrected chi connectivity index (χ2v) is 14.9. The van der Waals surface area contributed by atoms with Crippen LogP contribution in [0, 0.1) is 11.8 Å². The van der Waals surface area contributed by atoms with E-state index in [2.05, 4.69) is 55.3 Å². The number of fused-ring (bicyclic) bond motifs is 1. The minimum absolute atomic E-state index is 0.0398.